The van der Waals surface area contributed by atoms with Crippen LogP contribution in [-0.4, -0.2) is 19.8 Å². The first kappa shape index (κ1) is 16.1. The molecule has 0 aliphatic carbocycles. The van der Waals surface area contributed by atoms with Gasteiger partial charge in [0.15, 0.2) is 0 Å². The van der Waals surface area contributed by atoms with Gasteiger partial charge in [0.05, 0.1) is 0 Å². The van der Waals surface area contributed by atoms with Crippen LogP contribution in [0.2, 0.25) is 0 Å². The first-order chi connectivity index (χ1) is 9.80. The summed E-state index contributed by atoms with van der Waals surface area (Å²) in [6.45, 7) is 2.13. The van der Waals surface area contributed by atoms with Gasteiger partial charge in [-0.25, -0.2) is 12.8 Å². The molecule has 0 saturated heterocycles. The van der Waals surface area contributed by atoms with Crippen LogP contribution in [0.4, 0.5) is 4.39 Å². The van der Waals surface area contributed by atoms with Crippen molar-refractivity contribution in [2.24, 2.45) is 0 Å². The Morgan fingerprint density at radius 3 is 2.52 bits per heavy atom. The zero-order valence-electron chi connectivity index (χ0n) is 11.7. The van der Waals surface area contributed by atoms with Gasteiger partial charge >= 0.3 is 0 Å². The average molecular weight is 372 g/mol. The summed E-state index contributed by atoms with van der Waals surface area (Å²) in [5.41, 5.74) is 1.91. The molecule has 2 aromatic carbocycles. The van der Waals surface area contributed by atoms with Gasteiger partial charge in [-0.15, -0.1) is 0 Å². The standard InChI is InChI=1S/C15H15BrFNO2S/c1-11-4-3-5-12(8-11)10-18(2)21(19,20)15-7-6-13(16)9-14(15)17/h3-9H,10H2,1-2H3. The maximum absolute atomic E-state index is 13.9. The molecule has 0 heterocycles. The van der Waals surface area contributed by atoms with E-state index in [9.17, 15) is 12.8 Å². The molecule has 0 unspecified atom stereocenters. The molecule has 0 aliphatic rings. The first-order valence-electron chi connectivity index (χ1n) is 6.27. The lowest BCUT2D eigenvalue weighted by Gasteiger charge is -2.18. The molecule has 0 fully saturated rings. The summed E-state index contributed by atoms with van der Waals surface area (Å²) in [7, 11) is -2.42. The minimum Gasteiger partial charge on any atom is -0.207 e. The lowest BCUT2D eigenvalue weighted by atomic mass is 10.1. The fourth-order valence-corrected chi connectivity index (χ4v) is 3.54. The molecule has 0 radical (unpaired) electrons. The molecule has 2 aromatic rings. The highest BCUT2D eigenvalue weighted by Gasteiger charge is 2.24. The van der Waals surface area contributed by atoms with Gasteiger partial charge < -0.3 is 0 Å². The van der Waals surface area contributed by atoms with Crippen LogP contribution in [0.1, 0.15) is 11.1 Å². The predicted octanol–water partition coefficient (Wildman–Crippen LogP) is 3.72. The molecule has 0 N–H and O–H groups in total. The molecule has 3 nitrogen and oxygen atoms in total. The zero-order valence-corrected chi connectivity index (χ0v) is 14.1. The summed E-state index contributed by atoms with van der Waals surface area (Å²) < 4.78 is 40.4. The summed E-state index contributed by atoms with van der Waals surface area (Å²) >= 11 is 3.11. The molecule has 2 rings (SSSR count). The minimum absolute atomic E-state index is 0.194. The minimum atomic E-state index is -3.86. The highest BCUT2D eigenvalue weighted by Crippen LogP contribution is 2.23. The Bertz CT molecular complexity index is 762. The van der Waals surface area contributed by atoms with Gasteiger partial charge in [-0.3, -0.25) is 0 Å². The largest absolute Gasteiger partial charge is 0.246 e. The SMILES string of the molecule is Cc1cccc(CN(C)S(=O)(=O)c2ccc(Br)cc2F)c1. The Morgan fingerprint density at radius 2 is 1.90 bits per heavy atom. The van der Waals surface area contributed by atoms with Crippen molar-refractivity contribution in [1.82, 2.24) is 4.31 Å². The Labute approximate surface area is 132 Å². The molecule has 0 aliphatic heterocycles. The summed E-state index contributed by atoms with van der Waals surface area (Å²) in [5, 5.41) is 0. The molecular weight excluding hydrogens is 357 g/mol. The molecule has 0 spiro atoms. The zero-order chi connectivity index (χ0) is 15.6. The van der Waals surface area contributed by atoms with Crippen LogP contribution >= 0.6 is 15.9 Å². The summed E-state index contributed by atoms with van der Waals surface area (Å²) in [6, 6.07) is 11.5. The van der Waals surface area contributed by atoms with Crippen LogP contribution in [0.15, 0.2) is 51.8 Å². The summed E-state index contributed by atoms with van der Waals surface area (Å²) in [6.07, 6.45) is 0. The molecule has 0 aromatic heterocycles. The third-order valence-corrected chi connectivity index (χ3v) is 5.40. The number of hydrogen-bond acceptors (Lipinski definition) is 2. The Balaban J connectivity index is 2.30. The molecular formula is C15H15BrFNO2S. The Kier molecular flexibility index (Phi) is 4.81. The maximum atomic E-state index is 13.9. The topological polar surface area (TPSA) is 37.4 Å². The van der Waals surface area contributed by atoms with Crippen molar-refractivity contribution in [3.05, 3.63) is 63.9 Å². The number of rotatable bonds is 4. The fourth-order valence-electron chi connectivity index (χ4n) is 2.00. The van der Waals surface area contributed by atoms with E-state index in [-0.39, 0.29) is 11.4 Å². The second-order valence-corrected chi connectivity index (χ2v) is 7.75. The van der Waals surface area contributed by atoms with Gasteiger partial charge in [-0.2, -0.15) is 4.31 Å². The normalized spacial score (nSPS) is 11.9. The summed E-state index contributed by atoms with van der Waals surface area (Å²) in [5.74, 6) is -0.763. The molecule has 0 amide bonds. The van der Waals surface area contributed by atoms with Crippen molar-refractivity contribution < 1.29 is 12.8 Å². The number of benzene rings is 2. The van der Waals surface area contributed by atoms with Gasteiger partial charge in [0.25, 0.3) is 0 Å². The monoisotopic (exact) mass is 371 g/mol. The van der Waals surface area contributed by atoms with Crippen LogP contribution < -0.4 is 0 Å². The predicted molar refractivity (Wildman–Crippen MR) is 83.9 cm³/mol. The lowest BCUT2D eigenvalue weighted by Crippen LogP contribution is -2.27. The Morgan fingerprint density at radius 1 is 1.19 bits per heavy atom. The first-order valence-corrected chi connectivity index (χ1v) is 8.51. The van der Waals surface area contributed by atoms with Crippen LogP contribution in [-0.2, 0) is 16.6 Å². The molecule has 0 bridgehead atoms. The van der Waals surface area contributed by atoms with Gasteiger partial charge in [0.1, 0.15) is 10.7 Å². The number of nitrogens with zero attached hydrogens (tertiary/aromatic N) is 1. The van der Waals surface area contributed by atoms with Crippen LogP contribution in [0.25, 0.3) is 0 Å². The van der Waals surface area contributed by atoms with Gasteiger partial charge in [-0.1, -0.05) is 45.8 Å². The lowest BCUT2D eigenvalue weighted by molar-refractivity contribution is 0.459. The molecule has 6 heteroatoms. The number of halogens is 2. The van der Waals surface area contributed by atoms with E-state index in [1.54, 1.807) is 0 Å². The molecule has 0 atom stereocenters. The van der Waals surface area contributed by atoms with Crippen molar-refractivity contribution in [3.8, 4) is 0 Å². The van der Waals surface area contributed by atoms with E-state index >= 15 is 0 Å². The van der Waals surface area contributed by atoms with Crippen molar-refractivity contribution >= 4 is 26.0 Å². The summed E-state index contributed by atoms with van der Waals surface area (Å²) in [4.78, 5) is -0.319. The smallest absolute Gasteiger partial charge is 0.207 e. The third-order valence-electron chi connectivity index (χ3n) is 3.07. The van der Waals surface area contributed by atoms with Gasteiger partial charge in [0.2, 0.25) is 10.0 Å². The molecule has 112 valence electrons. The maximum Gasteiger partial charge on any atom is 0.246 e. The second-order valence-electron chi connectivity index (χ2n) is 4.82. The Hall–Kier alpha value is -1.24. The van der Waals surface area contributed by atoms with Crippen LogP contribution in [0.3, 0.4) is 0 Å². The van der Waals surface area contributed by atoms with E-state index in [4.69, 9.17) is 0 Å². The highest BCUT2D eigenvalue weighted by atomic mass is 79.9. The van der Waals surface area contributed by atoms with Crippen LogP contribution in [0, 0.1) is 12.7 Å². The van der Waals surface area contributed by atoms with Gasteiger partial charge in [0, 0.05) is 18.1 Å². The molecule has 21 heavy (non-hydrogen) atoms. The second kappa shape index (κ2) is 6.25. The van der Waals surface area contributed by atoms with E-state index in [2.05, 4.69) is 15.9 Å². The van der Waals surface area contributed by atoms with Crippen molar-refractivity contribution in [3.63, 3.8) is 0 Å². The van der Waals surface area contributed by atoms with E-state index < -0.39 is 15.8 Å². The number of hydrogen-bond donors (Lipinski definition) is 0. The third kappa shape index (κ3) is 3.70. The molecule has 0 saturated carbocycles. The van der Waals surface area contributed by atoms with Crippen molar-refractivity contribution in [2.75, 3.05) is 7.05 Å². The van der Waals surface area contributed by atoms with Crippen LogP contribution in [0.5, 0.6) is 0 Å². The highest BCUT2D eigenvalue weighted by molar-refractivity contribution is 9.10. The van der Waals surface area contributed by atoms with E-state index in [1.165, 1.54) is 19.2 Å². The average Bonchev–Trinajstić information content (AvgIpc) is 2.38. The number of aryl methyl sites for hydroxylation is 1. The van der Waals surface area contributed by atoms with Crippen molar-refractivity contribution in [1.29, 1.82) is 0 Å². The van der Waals surface area contributed by atoms with E-state index in [0.717, 1.165) is 21.5 Å². The van der Waals surface area contributed by atoms with Crippen molar-refractivity contribution in [2.45, 2.75) is 18.4 Å². The van der Waals surface area contributed by atoms with Gasteiger partial charge in [-0.05, 0) is 30.7 Å². The quantitative estimate of drug-likeness (QED) is 0.821. The fraction of sp³-hybridized carbons (Fsp3) is 0.200. The number of sulfonamides is 1. The van der Waals surface area contributed by atoms with E-state index in [1.807, 2.05) is 31.2 Å². The van der Waals surface area contributed by atoms with E-state index in [0.29, 0.717) is 4.47 Å².